The zero-order chi connectivity index (χ0) is 17.2. The van der Waals surface area contributed by atoms with Crippen LogP contribution < -0.4 is 0 Å². The van der Waals surface area contributed by atoms with E-state index in [1.807, 2.05) is 24.3 Å². The van der Waals surface area contributed by atoms with Gasteiger partial charge in [-0.2, -0.15) is 0 Å². The molecule has 0 radical (unpaired) electrons. The molecule has 0 aliphatic heterocycles. The summed E-state index contributed by atoms with van der Waals surface area (Å²) in [6.45, 7) is 0. The Balaban J connectivity index is 1.49. The smallest absolute Gasteiger partial charge is 0.277 e. The lowest BCUT2D eigenvalue weighted by Gasteiger charge is -1.97. The fourth-order valence-corrected chi connectivity index (χ4v) is 3.17. The molecule has 0 aliphatic carbocycles. The number of hydrogen-bond acceptors (Lipinski definition) is 5. The third-order valence-electron chi connectivity index (χ3n) is 3.73. The topological polar surface area (TPSA) is 71.8 Å². The molecule has 0 atom stereocenters. The maximum Gasteiger partial charge on any atom is 0.277 e. The number of Topliss-reactive ketones (excluding diaryl/α,β-unsaturated/α-hetero) is 1. The van der Waals surface area contributed by atoms with Crippen LogP contribution in [0.5, 0.6) is 0 Å². The van der Waals surface area contributed by atoms with E-state index in [0.717, 1.165) is 22.7 Å². The molecule has 4 rings (SSSR count). The van der Waals surface area contributed by atoms with Crippen LogP contribution in [0.15, 0.2) is 64.4 Å². The highest BCUT2D eigenvalue weighted by Gasteiger charge is 2.16. The van der Waals surface area contributed by atoms with Crippen molar-refractivity contribution in [2.75, 3.05) is 5.75 Å². The number of rotatable bonds is 5. The average molecular weight is 353 g/mol. The second-order valence-corrected chi connectivity index (χ2v) is 6.24. The first-order chi connectivity index (χ1) is 12.2. The summed E-state index contributed by atoms with van der Waals surface area (Å²) in [5, 5.41) is 8.82. The van der Waals surface area contributed by atoms with Crippen LogP contribution in [0.3, 0.4) is 0 Å². The Morgan fingerprint density at radius 1 is 1.12 bits per heavy atom. The van der Waals surface area contributed by atoms with Crippen LogP contribution in [-0.2, 0) is 0 Å². The van der Waals surface area contributed by atoms with Gasteiger partial charge in [-0.3, -0.25) is 4.79 Å². The van der Waals surface area contributed by atoms with E-state index < -0.39 is 5.82 Å². The Hall–Kier alpha value is -2.93. The monoisotopic (exact) mass is 353 g/mol. The van der Waals surface area contributed by atoms with Crippen molar-refractivity contribution in [2.24, 2.45) is 0 Å². The number of halogens is 1. The van der Waals surface area contributed by atoms with Crippen molar-refractivity contribution in [3.8, 4) is 11.5 Å². The van der Waals surface area contributed by atoms with Gasteiger partial charge < -0.3 is 9.40 Å². The van der Waals surface area contributed by atoms with Crippen LogP contribution in [-0.4, -0.2) is 26.7 Å². The standard InChI is InChI=1S/C18H12FN3O2S/c19-14-7-3-1-6-12(14)17-21-22-18(24-17)25-10-16(23)13-9-20-15-8-4-2-5-11(13)15/h1-9,20H,10H2. The predicted molar refractivity (Wildman–Crippen MR) is 93.0 cm³/mol. The number of aromatic amines is 1. The number of benzene rings is 2. The Morgan fingerprint density at radius 2 is 1.92 bits per heavy atom. The third kappa shape index (κ3) is 3.06. The summed E-state index contributed by atoms with van der Waals surface area (Å²) in [6, 6.07) is 13.8. The predicted octanol–water partition coefficient (Wildman–Crippen LogP) is 4.33. The molecule has 4 aromatic rings. The molecular formula is C18H12FN3O2S. The molecule has 1 N–H and O–H groups in total. The first-order valence-electron chi connectivity index (χ1n) is 7.53. The number of fused-ring (bicyclic) bond motifs is 1. The SMILES string of the molecule is O=C(CSc1nnc(-c2ccccc2F)o1)c1c[nH]c2ccccc12. The summed E-state index contributed by atoms with van der Waals surface area (Å²) >= 11 is 1.13. The van der Waals surface area contributed by atoms with Crippen molar-refractivity contribution in [3.05, 3.63) is 66.1 Å². The Kier molecular flexibility index (Phi) is 4.07. The summed E-state index contributed by atoms with van der Waals surface area (Å²) in [7, 11) is 0. The van der Waals surface area contributed by atoms with E-state index in [-0.39, 0.29) is 28.2 Å². The van der Waals surface area contributed by atoms with Crippen LogP contribution >= 0.6 is 11.8 Å². The molecule has 0 aliphatic rings. The molecule has 2 aromatic carbocycles. The molecule has 7 heteroatoms. The zero-order valence-corrected chi connectivity index (χ0v) is 13.7. The van der Waals surface area contributed by atoms with Crippen LogP contribution in [0.2, 0.25) is 0 Å². The van der Waals surface area contributed by atoms with Gasteiger partial charge in [-0.1, -0.05) is 42.1 Å². The Morgan fingerprint density at radius 3 is 2.80 bits per heavy atom. The summed E-state index contributed by atoms with van der Waals surface area (Å²) in [6.07, 6.45) is 1.70. The Labute approximate surface area is 146 Å². The number of para-hydroxylation sites is 1. The molecular weight excluding hydrogens is 341 g/mol. The minimum absolute atomic E-state index is 0.0481. The zero-order valence-electron chi connectivity index (χ0n) is 12.9. The van der Waals surface area contributed by atoms with Crippen molar-refractivity contribution < 1.29 is 13.6 Å². The van der Waals surface area contributed by atoms with Gasteiger partial charge in [-0.05, 0) is 18.2 Å². The second-order valence-electron chi connectivity index (χ2n) is 5.31. The number of carbonyl (C=O) groups is 1. The summed E-state index contributed by atoms with van der Waals surface area (Å²) < 4.78 is 19.2. The van der Waals surface area contributed by atoms with E-state index in [9.17, 15) is 9.18 Å². The number of ketones is 1. The second kappa shape index (κ2) is 6.52. The molecule has 0 spiro atoms. The van der Waals surface area contributed by atoms with Crippen LogP contribution in [0.1, 0.15) is 10.4 Å². The molecule has 0 fully saturated rings. The first-order valence-corrected chi connectivity index (χ1v) is 8.51. The van der Waals surface area contributed by atoms with Gasteiger partial charge in [0, 0.05) is 22.7 Å². The molecule has 124 valence electrons. The molecule has 2 aromatic heterocycles. The largest absolute Gasteiger partial charge is 0.411 e. The number of thioether (sulfide) groups is 1. The number of nitrogens with one attached hydrogen (secondary N) is 1. The highest BCUT2D eigenvalue weighted by molar-refractivity contribution is 7.99. The highest BCUT2D eigenvalue weighted by atomic mass is 32.2. The molecule has 0 amide bonds. The lowest BCUT2D eigenvalue weighted by molar-refractivity contribution is 0.102. The number of hydrogen-bond donors (Lipinski definition) is 1. The lowest BCUT2D eigenvalue weighted by Crippen LogP contribution is -2.01. The van der Waals surface area contributed by atoms with Gasteiger partial charge in [0.15, 0.2) is 5.78 Å². The number of H-pyrrole nitrogens is 1. The summed E-state index contributed by atoms with van der Waals surface area (Å²) in [4.78, 5) is 15.5. The minimum Gasteiger partial charge on any atom is -0.411 e. The van der Waals surface area contributed by atoms with Gasteiger partial charge in [0.1, 0.15) is 5.82 Å². The molecule has 0 unspecified atom stereocenters. The van der Waals surface area contributed by atoms with Crippen molar-refractivity contribution in [2.45, 2.75) is 5.22 Å². The molecule has 25 heavy (non-hydrogen) atoms. The number of nitrogens with zero attached hydrogens (tertiary/aromatic N) is 2. The lowest BCUT2D eigenvalue weighted by atomic mass is 10.1. The van der Waals surface area contributed by atoms with Crippen molar-refractivity contribution in [1.82, 2.24) is 15.2 Å². The summed E-state index contributed by atoms with van der Waals surface area (Å²) in [5.74, 6) is -0.230. The number of carbonyl (C=O) groups excluding carboxylic acids is 1. The van der Waals surface area contributed by atoms with E-state index in [2.05, 4.69) is 15.2 Å². The van der Waals surface area contributed by atoms with E-state index in [1.165, 1.54) is 6.07 Å². The Bertz CT molecular complexity index is 1060. The number of aromatic nitrogens is 3. The van der Waals surface area contributed by atoms with Crippen molar-refractivity contribution >= 4 is 28.4 Å². The molecule has 2 heterocycles. The van der Waals surface area contributed by atoms with Crippen LogP contribution in [0.4, 0.5) is 4.39 Å². The fourth-order valence-electron chi connectivity index (χ4n) is 2.52. The highest BCUT2D eigenvalue weighted by Crippen LogP contribution is 2.26. The summed E-state index contributed by atoms with van der Waals surface area (Å²) in [5.41, 5.74) is 1.78. The maximum atomic E-state index is 13.7. The van der Waals surface area contributed by atoms with E-state index in [0.29, 0.717) is 5.56 Å². The van der Waals surface area contributed by atoms with Gasteiger partial charge in [0.25, 0.3) is 11.1 Å². The molecule has 0 saturated heterocycles. The normalized spacial score (nSPS) is 11.1. The average Bonchev–Trinajstić information content (AvgIpc) is 3.27. The van der Waals surface area contributed by atoms with Gasteiger partial charge in [-0.25, -0.2) is 4.39 Å². The molecule has 0 saturated carbocycles. The minimum atomic E-state index is -0.433. The van der Waals surface area contributed by atoms with Gasteiger partial charge in [0.05, 0.1) is 11.3 Å². The van der Waals surface area contributed by atoms with Crippen molar-refractivity contribution in [1.29, 1.82) is 0 Å². The maximum absolute atomic E-state index is 13.7. The van der Waals surface area contributed by atoms with Gasteiger partial charge in [0.2, 0.25) is 0 Å². The molecule has 5 nitrogen and oxygen atoms in total. The van der Waals surface area contributed by atoms with E-state index in [4.69, 9.17) is 4.42 Å². The molecule has 0 bridgehead atoms. The first kappa shape index (κ1) is 15.6. The van der Waals surface area contributed by atoms with E-state index >= 15 is 0 Å². The van der Waals surface area contributed by atoms with Crippen LogP contribution in [0.25, 0.3) is 22.4 Å². The quantitative estimate of drug-likeness (QED) is 0.427. The third-order valence-corrected chi connectivity index (χ3v) is 4.55. The van der Waals surface area contributed by atoms with Crippen molar-refractivity contribution in [3.63, 3.8) is 0 Å². The van der Waals surface area contributed by atoms with E-state index in [1.54, 1.807) is 24.4 Å². The van der Waals surface area contributed by atoms with Gasteiger partial charge in [-0.15, -0.1) is 10.2 Å². The van der Waals surface area contributed by atoms with Gasteiger partial charge >= 0.3 is 0 Å². The fraction of sp³-hybridized carbons (Fsp3) is 0.0556. The van der Waals surface area contributed by atoms with Crippen LogP contribution in [0, 0.1) is 5.82 Å².